The van der Waals surface area contributed by atoms with Crippen LogP contribution in [0.2, 0.25) is 0 Å². The minimum atomic E-state index is -0.253. The molecule has 0 saturated heterocycles. The highest BCUT2D eigenvalue weighted by molar-refractivity contribution is 5.95. The van der Waals surface area contributed by atoms with Gasteiger partial charge in [0.1, 0.15) is 5.82 Å². The molecule has 28 heavy (non-hydrogen) atoms. The molecule has 2 aromatic carbocycles. The highest BCUT2D eigenvalue weighted by Gasteiger charge is 2.14. The Balaban J connectivity index is 1.49. The predicted octanol–water partition coefficient (Wildman–Crippen LogP) is 2.96. The van der Waals surface area contributed by atoms with E-state index in [1.807, 2.05) is 60.7 Å². The summed E-state index contributed by atoms with van der Waals surface area (Å²) in [5, 5.41) is 9.88. The fourth-order valence-electron chi connectivity index (χ4n) is 2.86. The first kappa shape index (κ1) is 19.4. The Morgan fingerprint density at radius 2 is 1.54 bits per heavy atom. The summed E-state index contributed by atoms with van der Waals surface area (Å²) in [6.07, 6.45) is 1.79. The zero-order valence-corrected chi connectivity index (χ0v) is 15.9. The van der Waals surface area contributed by atoms with Crippen LogP contribution in [0.25, 0.3) is 0 Å². The first-order chi connectivity index (χ1) is 13.6. The third kappa shape index (κ3) is 5.54. The molecule has 2 amide bonds. The van der Waals surface area contributed by atoms with Crippen LogP contribution in [-0.4, -0.2) is 28.1 Å². The van der Waals surface area contributed by atoms with E-state index in [0.717, 1.165) is 17.5 Å². The van der Waals surface area contributed by atoms with Crippen molar-refractivity contribution < 1.29 is 9.59 Å². The van der Waals surface area contributed by atoms with E-state index in [9.17, 15) is 9.59 Å². The summed E-state index contributed by atoms with van der Waals surface area (Å²) in [6.45, 7) is 0.526. The Kier molecular flexibility index (Phi) is 6.57. The third-order valence-corrected chi connectivity index (χ3v) is 4.41. The number of carbonyl (C=O) groups is 2. The summed E-state index contributed by atoms with van der Waals surface area (Å²) < 4.78 is 1.51. The van der Waals surface area contributed by atoms with Gasteiger partial charge in [-0.25, -0.2) is 0 Å². The zero-order valence-electron chi connectivity index (χ0n) is 15.9. The van der Waals surface area contributed by atoms with E-state index in [1.165, 1.54) is 4.68 Å². The Morgan fingerprint density at radius 3 is 2.18 bits per heavy atom. The smallest absolute Gasteiger partial charge is 0.271 e. The average molecular weight is 376 g/mol. The van der Waals surface area contributed by atoms with Crippen LogP contribution >= 0.6 is 0 Å². The Hall–Kier alpha value is -3.41. The van der Waals surface area contributed by atoms with Crippen molar-refractivity contribution in [1.29, 1.82) is 0 Å². The summed E-state index contributed by atoms with van der Waals surface area (Å²) in [6, 6.07) is 21.4. The van der Waals surface area contributed by atoms with Gasteiger partial charge in [0.15, 0.2) is 5.69 Å². The number of nitrogens with one attached hydrogen (secondary N) is 2. The summed E-state index contributed by atoms with van der Waals surface area (Å²) in [7, 11) is 1.70. The Bertz CT molecular complexity index is 920. The van der Waals surface area contributed by atoms with Crippen molar-refractivity contribution in [1.82, 2.24) is 15.1 Å². The minimum absolute atomic E-state index is 0.108. The molecule has 3 aromatic rings. The number of carbonyl (C=O) groups excluding carboxylic acids is 2. The number of hydrogen-bond donors (Lipinski definition) is 2. The summed E-state index contributed by atoms with van der Waals surface area (Å²) >= 11 is 0. The number of hydrogen-bond acceptors (Lipinski definition) is 3. The van der Waals surface area contributed by atoms with Gasteiger partial charge in [-0.15, -0.1) is 0 Å². The van der Waals surface area contributed by atoms with E-state index < -0.39 is 0 Å². The average Bonchev–Trinajstić information content (AvgIpc) is 3.08. The Labute approximate surface area is 164 Å². The monoisotopic (exact) mass is 376 g/mol. The van der Waals surface area contributed by atoms with Crippen molar-refractivity contribution in [2.75, 3.05) is 11.9 Å². The fraction of sp³-hybridized carbons (Fsp3) is 0.227. The molecule has 0 saturated carbocycles. The number of anilines is 1. The van der Waals surface area contributed by atoms with Gasteiger partial charge in [0, 0.05) is 26.1 Å². The van der Waals surface area contributed by atoms with E-state index in [1.54, 1.807) is 13.1 Å². The lowest BCUT2D eigenvalue weighted by Gasteiger charge is -2.05. The second-order valence-electron chi connectivity index (χ2n) is 6.56. The van der Waals surface area contributed by atoms with Crippen LogP contribution in [0.4, 0.5) is 5.82 Å². The van der Waals surface area contributed by atoms with Gasteiger partial charge < -0.3 is 10.6 Å². The molecule has 1 heterocycles. The molecule has 0 bridgehead atoms. The molecule has 0 fully saturated rings. The number of amides is 2. The normalized spacial score (nSPS) is 10.5. The van der Waals surface area contributed by atoms with Gasteiger partial charge in [-0.2, -0.15) is 5.10 Å². The van der Waals surface area contributed by atoms with Crippen LogP contribution < -0.4 is 10.6 Å². The quantitative estimate of drug-likeness (QED) is 0.635. The van der Waals surface area contributed by atoms with Gasteiger partial charge >= 0.3 is 0 Å². The number of nitrogens with zero attached hydrogens (tertiary/aromatic N) is 2. The van der Waals surface area contributed by atoms with Gasteiger partial charge in [0.2, 0.25) is 5.91 Å². The molecule has 6 nitrogen and oxygen atoms in total. The van der Waals surface area contributed by atoms with Crippen molar-refractivity contribution in [3.8, 4) is 0 Å². The summed E-state index contributed by atoms with van der Waals surface area (Å²) in [5.41, 5.74) is 2.56. The standard InChI is InChI=1S/C22H24N4O2/c1-26-20(24-21(27)13-12-17-8-4-2-5-9-17)16-19(25-26)22(28)23-15-14-18-10-6-3-7-11-18/h2-11,16H,12-15H2,1H3,(H,23,28)(H,24,27). The van der Waals surface area contributed by atoms with E-state index in [0.29, 0.717) is 25.2 Å². The molecule has 0 spiro atoms. The van der Waals surface area contributed by atoms with Crippen molar-refractivity contribution in [2.24, 2.45) is 7.05 Å². The maximum absolute atomic E-state index is 12.3. The highest BCUT2D eigenvalue weighted by Crippen LogP contribution is 2.11. The third-order valence-electron chi connectivity index (χ3n) is 4.41. The van der Waals surface area contributed by atoms with Crippen LogP contribution in [0.15, 0.2) is 66.7 Å². The maximum Gasteiger partial charge on any atom is 0.271 e. The number of rotatable bonds is 8. The van der Waals surface area contributed by atoms with Gasteiger partial charge in [0.25, 0.3) is 5.91 Å². The van der Waals surface area contributed by atoms with E-state index in [4.69, 9.17) is 0 Å². The minimum Gasteiger partial charge on any atom is -0.350 e. The molecule has 0 atom stereocenters. The molecule has 0 unspecified atom stereocenters. The first-order valence-corrected chi connectivity index (χ1v) is 9.32. The van der Waals surface area contributed by atoms with Gasteiger partial charge in [-0.05, 0) is 24.0 Å². The predicted molar refractivity (Wildman–Crippen MR) is 109 cm³/mol. The van der Waals surface area contributed by atoms with Crippen molar-refractivity contribution >= 4 is 17.6 Å². The molecule has 0 aliphatic rings. The van der Waals surface area contributed by atoms with Crippen molar-refractivity contribution in [3.05, 3.63) is 83.6 Å². The van der Waals surface area contributed by atoms with Crippen LogP contribution in [0.3, 0.4) is 0 Å². The van der Waals surface area contributed by atoms with E-state index >= 15 is 0 Å². The second-order valence-corrected chi connectivity index (χ2v) is 6.56. The topological polar surface area (TPSA) is 76.0 Å². The van der Waals surface area contributed by atoms with Crippen LogP contribution in [0.5, 0.6) is 0 Å². The molecular formula is C22H24N4O2. The molecule has 2 N–H and O–H groups in total. The Morgan fingerprint density at radius 1 is 0.929 bits per heavy atom. The van der Waals surface area contributed by atoms with Gasteiger partial charge in [-0.1, -0.05) is 60.7 Å². The lowest BCUT2D eigenvalue weighted by atomic mass is 10.1. The lowest BCUT2D eigenvalue weighted by molar-refractivity contribution is -0.116. The number of benzene rings is 2. The largest absolute Gasteiger partial charge is 0.350 e. The maximum atomic E-state index is 12.3. The number of aromatic nitrogens is 2. The van der Waals surface area contributed by atoms with Crippen LogP contribution in [0, 0.1) is 0 Å². The van der Waals surface area contributed by atoms with Crippen molar-refractivity contribution in [2.45, 2.75) is 19.3 Å². The van der Waals surface area contributed by atoms with Gasteiger partial charge in [0.05, 0.1) is 0 Å². The molecule has 6 heteroatoms. The van der Waals surface area contributed by atoms with E-state index in [-0.39, 0.29) is 17.5 Å². The van der Waals surface area contributed by atoms with Crippen LogP contribution in [0.1, 0.15) is 28.0 Å². The van der Waals surface area contributed by atoms with Crippen molar-refractivity contribution in [3.63, 3.8) is 0 Å². The molecule has 3 rings (SSSR count). The lowest BCUT2D eigenvalue weighted by Crippen LogP contribution is -2.26. The van der Waals surface area contributed by atoms with E-state index in [2.05, 4.69) is 15.7 Å². The van der Waals surface area contributed by atoms with Crippen LogP contribution in [-0.2, 0) is 24.7 Å². The molecular weight excluding hydrogens is 352 g/mol. The summed E-state index contributed by atoms with van der Waals surface area (Å²) in [4.78, 5) is 24.5. The molecule has 1 aromatic heterocycles. The zero-order chi connectivity index (χ0) is 19.8. The number of aryl methyl sites for hydroxylation is 2. The molecule has 0 aliphatic carbocycles. The van der Waals surface area contributed by atoms with Gasteiger partial charge in [-0.3, -0.25) is 14.3 Å². The second kappa shape index (κ2) is 9.50. The fourth-order valence-corrected chi connectivity index (χ4v) is 2.86. The summed E-state index contributed by atoms with van der Waals surface area (Å²) in [5.74, 6) is 0.144. The first-order valence-electron chi connectivity index (χ1n) is 9.32. The molecule has 0 aliphatic heterocycles. The SMILES string of the molecule is Cn1nc(C(=O)NCCc2ccccc2)cc1NC(=O)CCc1ccccc1. The molecule has 0 radical (unpaired) electrons. The molecule has 144 valence electrons. The highest BCUT2D eigenvalue weighted by atomic mass is 16.2.